The summed E-state index contributed by atoms with van der Waals surface area (Å²) >= 11 is 0. The van der Waals surface area contributed by atoms with Gasteiger partial charge in [-0.1, -0.05) is 6.92 Å². The van der Waals surface area contributed by atoms with E-state index in [2.05, 4.69) is 0 Å². The molecule has 3 heteroatoms. The highest BCUT2D eigenvalue weighted by Crippen LogP contribution is 2.37. The molecule has 1 aliphatic rings. The van der Waals surface area contributed by atoms with Crippen LogP contribution >= 0.6 is 0 Å². The first-order valence-electron chi connectivity index (χ1n) is 5.23. The maximum atomic E-state index is 11.5. The van der Waals surface area contributed by atoms with Crippen molar-refractivity contribution >= 4 is 11.8 Å². The molecule has 0 bridgehead atoms. The monoisotopic (exact) mass is 198 g/mol. The average Bonchev–Trinajstić information content (AvgIpc) is 2.48. The molecule has 0 spiro atoms. The van der Waals surface area contributed by atoms with Crippen LogP contribution in [-0.4, -0.2) is 18.4 Å². The lowest BCUT2D eigenvalue weighted by molar-refractivity contribution is -0.149. The van der Waals surface area contributed by atoms with Crippen molar-refractivity contribution in [2.75, 3.05) is 6.61 Å². The Bertz CT molecular complexity index is 235. The number of Topliss-reactive ketones (excluding diaryl/α,β-unsaturated/α-hetero) is 1. The van der Waals surface area contributed by atoms with Crippen LogP contribution < -0.4 is 0 Å². The molecule has 0 amide bonds. The summed E-state index contributed by atoms with van der Waals surface area (Å²) in [7, 11) is 0. The molecule has 0 heterocycles. The van der Waals surface area contributed by atoms with Gasteiger partial charge < -0.3 is 4.74 Å². The standard InChI is InChI=1S/C11H18O3/c1-4-14-11(13)10-6-9(8(3)12)5-7(10)2/h7,9-10H,4-6H2,1-3H3. The maximum Gasteiger partial charge on any atom is 0.309 e. The van der Waals surface area contributed by atoms with Crippen LogP contribution in [0.5, 0.6) is 0 Å². The predicted molar refractivity (Wildman–Crippen MR) is 52.7 cm³/mol. The lowest BCUT2D eigenvalue weighted by atomic mass is 9.99. The number of carbonyl (C=O) groups is 2. The zero-order chi connectivity index (χ0) is 10.7. The van der Waals surface area contributed by atoms with E-state index in [4.69, 9.17) is 4.74 Å². The SMILES string of the molecule is CCOC(=O)C1CC(C(C)=O)CC1C. The normalized spacial score (nSPS) is 31.5. The second kappa shape index (κ2) is 4.58. The quantitative estimate of drug-likeness (QED) is 0.649. The lowest BCUT2D eigenvalue weighted by Gasteiger charge is -2.12. The van der Waals surface area contributed by atoms with Gasteiger partial charge in [0.2, 0.25) is 0 Å². The highest BCUT2D eigenvalue weighted by atomic mass is 16.5. The molecule has 3 unspecified atom stereocenters. The fourth-order valence-electron chi connectivity index (χ4n) is 2.16. The van der Waals surface area contributed by atoms with Crippen LogP contribution in [0, 0.1) is 17.8 Å². The molecule has 0 N–H and O–H groups in total. The van der Waals surface area contributed by atoms with Gasteiger partial charge >= 0.3 is 5.97 Å². The molecular formula is C11H18O3. The highest BCUT2D eigenvalue weighted by molar-refractivity contribution is 5.81. The zero-order valence-corrected chi connectivity index (χ0v) is 9.08. The van der Waals surface area contributed by atoms with Crippen molar-refractivity contribution in [3.05, 3.63) is 0 Å². The summed E-state index contributed by atoms with van der Waals surface area (Å²) in [5.41, 5.74) is 0. The fraction of sp³-hybridized carbons (Fsp3) is 0.818. The third-order valence-electron chi connectivity index (χ3n) is 3.05. The zero-order valence-electron chi connectivity index (χ0n) is 9.08. The van der Waals surface area contributed by atoms with Crippen molar-refractivity contribution < 1.29 is 14.3 Å². The van der Waals surface area contributed by atoms with Crippen molar-refractivity contribution in [1.82, 2.24) is 0 Å². The molecule has 1 rings (SSSR count). The van der Waals surface area contributed by atoms with Gasteiger partial charge in [0.1, 0.15) is 5.78 Å². The third kappa shape index (κ3) is 2.34. The molecule has 3 nitrogen and oxygen atoms in total. The summed E-state index contributed by atoms with van der Waals surface area (Å²) < 4.78 is 4.97. The molecule has 14 heavy (non-hydrogen) atoms. The van der Waals surface area contributed by atoms with Crippen LogP contribution in [0.4, 0.5) is 0 Å². The number of ketones is 1. The molecule has 3 atom stereocenters. The topological polar surface area (TPSA) is 43.4 Å². The van der Waals surface area contributed by atoms with Crippen molar-refractivity contribution in [1.29, 1.82) is 0 Å². The van der Waals surface area contributed by atoms with E-state index in [-0.39, 0.29) is 29.5 Å². The van der Waals surface area contributed by atoms with Gasteiger partial charge in [-0.25, -0.2) is 0 Å². The van der Waals surface area contributed by atoms with Crippen molar-refractivity contribution in [2.45, 2.75) is 33.6 Å². The number of esters is 1. The van der Waals surface area contributed by atoms with Gasteiger partial charge in [0.25, 0.3) is 0 Å². The Labute approximate surface area is 84.8 Å². The first kappa shape index (κ1) is 11.2. The fourth-order valence-corrected chi connectivity index (χ4v) is 2.16. The van der Waals surface area contributed by atoms with Gasteiger partial charge in [-0.3, -0.25) is 9.59 Å². The van der Waals surface area contributed by atoms with E-state index < -0.39 is 0 Å². The summed E-state index contributed by atoms with van der Waals surface area (Å²) in [6.07, 6.45) is 1.51. The minimum atomic E-state index is -0.135. The minimum Gasteiger partial charge on any atom is -0.466 e. The first-order valence-corrected chi connectivity index (χ1v) is 5.23. The Morgan fingerprint density at radius 3 is 2.43 bits per heavy atom. The van der Waals surface area contributed by atoms with Gasteiger partial charge in [0.05, 0.1) is 12.5 Å². The number of carbonyl (C=O) groups excluding carboxylic acids is 2. The lowest BCUT2D eigenvalue weighted by Crippen LogP contribution is -2.20. The third-order valence-corrected chi connectivity index (χ3v) is 3.05. The second-order valence-electron chi connectivity index (χ2n) is 4.11. The Morgan fingerprint density at radius 1 is 1.36 bits per heavy atom. The average molecular weight is 198 g/mol. The summed E-state index contributed by atoms with van der Waals surface area (Å²) in [4.78, 5) is 22.7. The van der Waals surface area contributed by atoms with Gasteiger partial charge in [0, 0.05) is 5.92 Å². The highest BCUT2D eigenvalue weighted by Gasteiger charge is 2.38. The Hall–Kier alpha value is -0.860. The van der Waals surface area contributed by atoms with Crippen molar-refractivity contribution in [3.8, 4) is 0 Å². The molecule has 0 saturated heterocycles. The van der Waals surface area contributed by atoms with E-state index in [1.54, 1.807) is 13.8 Å². The van der Waals surface area contributed by atoms with E-state index in [1.165, 1.54) is 0 Å². The Balaban J connectivity index is 2.56. The van der Waals surface area contributed by atoms with Crippen LogP contribution in [0.3, 0.4) is 0 Å². The molecular weight excluding hydrogens is 180 g/mol. The van der Waals surface area contributed by atoms with E-state index in [1.807, 2.05) is 6.92 Å². The Kier molecular flexibility index (Phi) is 3.67. The number of rotatable bonds is 3. The second-order valence-corrected chi connectivity index (χ2v) is 4.11. The van der Waals surface area contributed by atoms with Crippen LogP contribution in [0.1, 0.15) is 33.6 Å². The minimum absolute atomic E-state index is 0.0659. The van der Waals surface area contributed by atoms with Gasteiger partial charge in [0.15, 0.2) is 0 Å². The molecule has 0 aromatic rings. The Morgan fingerprint density at radius 2 is 2.00 bits per heavy atom. The predicted octanol–water partition coefficient (Wildman–Crippen LogP) is 1.80. The molecule has 1 fully saturated rings. The summed E-state index contributed by atoms with van der Waals surface area (Å²) in [6.45, 7) is 5.85. The molecule has 0 aromatic heterocycles. The molecule has 0 radical (unpaired) electrons. The molecule has 1 aliphatic carbocycles. The summed E-state index contributed by atoms with van der Waals surface area (Å²) in [5.74, 6) is 0.346. The van der Waals surface area contributed by atoms with Crippen LogP contribution in [0.25, 0.3) is 0 Å². The molecule has 1 saturated carbocycles. The van der Waals surface area contributed by atoms with Crippen LogP contribution in [0.2, 0.25) is 0 Å². The van der Waals surface area contributed by atoms with E-state index in [9.17, 15) is 9.59 Å². The molecule has 80 valence electrons. The molecule has 0 aliphatic heterocycles. The van der Waals surface area contributed by atoms with Gasteiger partial charge in [-0.15, -0.1) is 0 Å². The smallest absolute Gasteiger partial charge is 0.309 e. The van der Waals surface area contributed by atoms with Crippen molar-refractivity contribution in [2.24, 2.45) is 17.8 Å². The van der Waals surface area contributed by atoms with E-state index >= 15 is 0 Å². The summed E-state index contributed by atoms with van der Waals surface area (Å²) in [5, 5.41) is 0. The maximum absolute atomic E-state index is 11.5. The van der Waals surface area contributed by atoms with E-state index in [0.29, 0.717) is 13.0 Å². The largest absolute Gasteiger partial charge is 0.466 e. The van der Waals surface area contributed by atoms with Gasteiger partial charge in [-0.05, 0) is 32.6 Å². The number of hydrogen-bond donors (Lipinski definition) is 0. The van der Waals surface area contributed by atoms with Crippen LogP contribution in [0.15, 0.2) is 0 Å². The van der Waals surface area contributed by atoms with Crippen molar-refractivity contribution in [3.63, 3.8) is 0 Å². The first-order chi connectivity index (χ1) is 6.56. The number of hydrogen-bond acceptors (Lipinski definition) is 3. The van der Waals surface area contributed by atoms with Gasteiger partial charge in [-0.2, -0.15) is 0 Å². The molecule has 0 aromatic carbocycles. The summed E-state index contributed by atoms with van der Waals surface area (Å²) in [6, 6.07) is 0. The number of ether oxygens (including phenoxy) is 1. The van der Waals surface area contributed by atoms with E-state index in [0.717, 1.165) is 6.42 Å². The van der Waals surface area contributed by atoms with Crippen LogP contribution in [-0.2, 0) is 14.3 Å².